The molecule has 0 aromatic carbocycles. The van der Waals surface area contributed by atoms with E-state index in [9.17, 15) is 9.59 Å². The number of carbonyl (C=O) groups is 2. The van der Waals surface area contributed by atoms with E-state index in [1.807, 2.05) is 0 Å². The Labute approximate surface area is 97.6 Å². The highest BCUT2D eigenvalue weighted by molar-refractivity contribution is 5.87. The molecule has 0 saturated carbocycles. The van der Waals surface area contributed by atoms with Crippen LogP contribution in [0.2, 0.25) is 0 Å². The number of methoxy groups -OCH3 is 1. The van der Waals surface area contributed by atoms with Gasteiger partial charge in [-0.05, 0) is 18.2 Å². The highest BCUT2D eigenvalue weighted by Crippen LogP contribution is 2.14. The second kappa shape index (κ2) is 4.69. The largest absolute Gasteiger partial charge is 0.463 e. The lowest BCUT2D eigenvalue weighted by Crippen LogP contribution is -2.07. The topological polar surface area (TPSA) is 61.4 Å². The fourth-order valence-corrected chi connectivity index (χ4v) is 1.59. The molecule has 2 aromatic heterocycles. The molecule has 5 heteroatoms. The smallest absolute Gasteiger partial charge is 0.374 e. The Morgan fingerprint density at radius 2 is 2.35 bits per heavy atom. The molecule has 88 valence electrons. The molecule has 2 rings (SSSR count). The minimum atomic E-state index is -0.523. The zero-order valence-corrected chi connectivity index (χ0v) is 9.25. The minimum Gasteiger partial charge on any atom is -0.463 e. The number of nitrogens with zero attached hydrogens (tertiary/aromatic N) is 1. The van der Waals surface area contributed by atoms with E-state index in [2.05, 4.69) is 4.74 Å². The van der Waals surface area contributed by atoms with E-state index in [0.717, 1.165) is 6.29 Å². The summed E-state index contributed by atoms with van der Waals surface area (Å²) in [5, 5.41) is 0. The molecular weight excluding hydrogens is 222 g/mol. The van der Waals surface area contributed by atoms with Gasteiger partial charge in [0.15, 0.2) is 6.29 Å². The average molecular weight is 233 g/mol. The Balaban J connectivity index is 2.28. The molecule has 5 nitrogen and oxygen atoms in total. The molecule has 0 saturated heterocycles. The van der Waals surface area contributed by atoms with Crippen LogP contribution in [0, 0.1) is 0 Å². The summed E-state index contributed by atoms with van der Waals surface area (Å²) < 4.78 is 11.4. The monoisotopic (exact) mass is 233 g/mol. The molecule has 0 fully saturated rings. The van der Waals surface area contributed by atoms with Gasteiger partial charge in [0.1, 0.15) is 0 Å². The third-order valence-electron chi connectivity index (χ3n) is 2.44. The zero-order chi connectivity index (χ0) is 12.3. The van der Waals surface area contributed by atoms with Crippen molar-refractivity contribution in [3.63, 3.8) is 0 Å². The van der Waals surface area contributed by atoms with Crippen molar-refractivity contribution in [3.05, 3.63) is 47.7 Å². The van der Waals surface area contributed by atoms with Crippen LogP contribution in [-0.2, 0) is 11.3 Å². The third-order valence-corrected chi connectivity index (χ3v) is 2.44. The van der Waals surface area contributed by atoms with Gasteiger partial charge in [0, 0.05) is 11.8 Å². The lowest BCUT2D eigenvalue weighted by Gasteiger charge is -2.04. The van der Waals surface area contributed by atoms with Crippen molar-refractivity contribution in [3.8, 4) is 0 Å². The number of hydrogen-bond acceptors (Lipinski definition) is 4. The molecule has 0 bridgehead atoms. The first kappa shape index (κ1) is 11.2. The quantitative estimate of drug-likeness (QED) is 0.596. The van der Waals surface area contributed by atoms with E-state index in [1.54, 1.807) is 29.0 Å². The summed E-state index contributed by atoms with van der Waals surface area (Å²) in [5.74, 6) is -0.358. The lowest BCUT2D eigenvalue weighted by atomic mass is 10.2. The van der Waals surface area contributed by atoms with Gasteiger partial charge in [-0.15, -0.1) is 0 Å². The summed E-state index contributed by atoms with van der Waals surface area (Å²) >= 11 is 0. The van der Waals surface area contributed by atoms with Crippen LogP contribution in [-0.4, -0.2) is 23.9 Å². The first-order chi connectivity index (χ1) is 8.26. The number of aldehydes is 1. The van der Waals surface area contributed by atoms with E-state index in [1.165, 1.54) is 13.4 Å². The van der Waals surface area contributed by atoms with Crippen molar-refractivity contribution in [2.75, 3.05) is 7.11 Å². The predicted molar refractivity (Wildman–Crippen MR) is 59.0 cm³/mol. The van der Waals surface area contributed by atoms with E-state index >= 15 is 0 Å². The molecule has 0 spiro atoms. The Morgan fingerprint density at radius 1 is 1.53 bits per heavy atom. The average Bonchev–Trinajstić information content (AvgIpc) is 2.97. The molecule has 0 atom stereocenters. The molecular formula is C12H11NO4. The van der Waals surface area contributed by atoms with E-state index < -0.39 is 5.97 Å². The Kier molecular flexibility index (Phi) is 3.09. The fourth-order valence-electron chi connectivity index (χ4n) is 1.59. The van der Waals surface area contributed by atoms with Crippen molar-refractivity contribution in [1.29, 1.82) is 0 Å². The van der Waals surface area contributed by atoms with Crippen LogP contribution in [0.25, 0.3) is 0 Å². The van der Waals surface area contributed by atoms with Crippen molar-refractivity contribution in [2.24, 2.45) is 0 Å². The first-order valence-corrected chi connectivity index (χ1v) is 5.01. The van der Waals surface area contributed by atoms with Crippen molar-refractivity contribution < 1.29 is 18.7 Å². The summed E-state index contributed by atoms with van der Waals surface area (Å²) in [7, 11) is 1.29. The maximum atomic E-state index is 11.4. The molecule has 0 aliphatic heterocycles. The van der Waals surface area contributed by atoms with Crippen LogP contribution in [0.3, 0.4) is 0 Å². The number of ether oxygens (including phenoxy) is 1. The van der Waals surface area contributed by atoms with Crippen LogP contribution < -0.4 is 0 Å². The van der Waals surface area contributed by atoms with E-state index in [0.29, 0.717) is 17.8 Å². The summed E-state index contributed by atoms with van der Waals surface area (Å²) in [6, 6.07) is 5.15. The van der Waals surface area contributed by atoms with Crippen LogP contribution in [0.15, 0.2) is 35.1 Å². The van der Waals surface area contributed by atoms with Gasteiger partial charge in [-0.1, -0.05) is 0 Å². The summed E-state index contributed by atoms with van der Waals surface area (Å²) in [6.07, 6.45) is 3.95. The number of esters is 1. The molecule has 0 N–H and O–H groups in total. The number of furan rings is 1. The Bertz CT molecular complexity index is 538. The standard InChI is InChI=1S/C12H11NO4/c1-16-12(15)11-9(4-6-17-11)7-13-5-2-3-10(13)8-14/h2-6,8H,7H2,1H3. The minimum absolute atomic E-state index is 0.165. The molecule has 2 heterocycles. The fraction of sp³-hybridized carbons (Fsp3) is 0.167. The predicted octanol–water partition coefficient (Wildman–Crippen LogP) is 1.73. The van der Waals surface area contributed by atoms with Gasteiger partial charge < -0.3 is 13.7 Å². The van der Waals surface area contributed by atoms with E-state index in [-0.39, 0.29) is 5.76 Å². The number of carbonyl (C=O) groups excluding carboxylic acids is 2. The van der Waals surface area contributed by atoms with Gasteiger partial charge in [-0.25, -0.2) is 4.79 Å². The van der Waals surface area contributed by atoms with Gasteiger partial charge in [-0.3, -0.25) is 4.79 Å². The van der Waals surface area contributed by atoms with Crippen LogP contribution in [0.1, 0.15) is 26.6 Å². The van der Waals surface area contributed by atoms with Crippen molar-refractivity contribution in [2.45, 2.75) is 6.54 Å². The van der Waals surface area contributed by atoms with Gasteiger partial charge >= 0.3 is 5.97 Å². The maximum absolute atomic E-state index is 11.4. The Hall–Kier alpha value is -2.30. The van der Waals surface area contributed by atoms with Crippen LogP contribution >= 0.6 is 0 Å². The molecule has 0 aliphatic rings. The van der Waals surface area contributed by atoms with Gasteiger partial charge in [0.2, 0.25) is 5.76 Å². The van der Waals surface area contributed by atoms with Crippen molar-refractivity contribution >= 4 is 12.3 Å². The molecule has 0 unspecified atom stereocenters. The number of aromatic nitrogens is 1. The van der Waals surface area contributed by atoms with Gasteiger partial charge in [0.25, 0.3) is 0 Å². The highest BCUT2D eigenvalue weighted by Gasteiger charge is 2.16. The number of hydrogen-bond donors (Lipinski definition) is 0. The van der Waals surface area contributed by atoms with E-state index in [4.69, 9.17) is 4.42 Å². The highest BCUT2D eigenvalue weighted by atomic mass is 16.5. The van der Waals surface area contributed by atoms with Crippen molar-refractivity contribution in [1.82, 2.24) is 4.57 Å². The van der Waals surface area contributed by atoms with Gasteiger partial charge in [-0.2, -0.15) is 0 Å². The molecule has 2 aromatic rings. The number of rotatable bonds is 4. The molecule has 0 radical (unpaired) electrons. The third kappa shape index (κ3) is 2.13. The zero-order valence-electron chi connectivity index (χ0n) is 9.25. The van der Waals surface area contributed by atoms with Crippen LogP contribution in [0.4, 0.5) is 0 Å². The van der Waals surface area contributed by atoms with Crippen LogP contribution in [0.5, 0.6) is 0 Å². The Morgan fingerprint density at radius 3 is 3.06 bits per heavy atom. The molecule has 0 aliphatic carbocycles. The second-order valence-corrected chi connectivity index (χ2v) is 3.45. The SMILES string of the molecule is COC(=O)c1occc1Cn1cccc1C=O. The summed E-state index contributed by atoms with van der Waals surface area (Å²) in [5.41, 5.74) is 1.22. The maximum Gasteiger partial charge on any atom is 0.374 e. The van der Waals surface area contributed by atoms with Gasteiger partial charge in [0.05, 0.1) is 25.6 Å². The summed E-state index contributed by atoms with van der Waals surface area (Å²) in [6.45, 7) is 0.391. The first-order valence-electron chi connectivity index (χ1n) is 5.01. The molecule has 0 amide bonds. The second-order valence-electron chi connectivity index (χ2n) is 3.45. The lowest BCUT2D eigenvalue weighted by molar-refractivity contribution is 0.0563. The normalized spacial score (nSPS) is 10.2. The molecule has 17 heavy (non-hydrogen) atoms. The summed E-state index contributed by atoms with van der Waals surface area (Å²) in [4.78, 5) is 22.1.